The molecule has 1 aliphatic heterocycles. The van der Waals surface area contributed by atoms with Crippen molar-refractivity contribution in [1.82, 2.24) is 9.88 Å². The summed E-state index contributed by atoms with van der Waals surface area (Å²) in [4.78, 5) is 55.5. The van der Waals surface area contributed by atoms with Crippen LogP contribution < -0.4 is 4.90 Å². The molecule has 29 heavy (non-hydrogen) atoms. The predicted molar refractivity (Wildman–Crippen MR) is 106 cm³/mol. The second kappa shape index (κ2) is 6.74. The lowest BCUT2D eigenvalue weighted by Crippen LogP contribution is -2.48. The van der Waals surface area contributed by atoms with E-state index in [2.05, 4.69) is 4.98 Å². The molecule has 146 valence electrons. The van der Waals surface area contributed by atoms with Gasteiger partial charge in [-0.3, -0.25) is 34.3 Å². The Kier molecular flexibility index (Phi) is 4.35. The lowest BCUT2D eigenvalue weighted by molar-refractivity contribution is -0.385. The molecule has 1 unspecified atom stereocenters. The molecule has 3 aromatic rings. The molecule has 2 aromatic carbocycles. The number of nitro groups is 1. The van der Waals surface area contributed by atoms with Crippen LogP contribution in [-0.2, 0) is 4.79 Å². The van der Waals surface area contributed by atoms with Crippen LogP contribution in [0.25, 0.3) is 10.2 Å². The van der Waals surface area contributed by atoms with Gasteiger partial charge in [0.1, 0.15) is 11.6 Å². The number of likely N-dealkylation sites (N-methyl/N-ethyl adjacent to an activating group) is 1. The highest BCUT2D eigenvalue weighted by atomic mass is 32.1. The zero-order valence-corrected chi connectivity index (χ0v) is 16.2. The molecule has 0 N–H and O–H groups in total. The maximum Gasteiger partial charge on any atom is 0.282 e. The van der Waals surface area contributed by atoms with Crippen molar-refractivity contribution in [3.63, 3.8) is 0 Å². The van der Waals surface area contributed by atoms with Crippen LogP contribution in [0.2, 0.25) is 0 Å². The number of benzene rings is 2. The molecular formula is C19H14N4O5S. The Hall–Kier alpha value is -3.66. The molecule has 0 saturated heterocycles. The maximum absolute atomic E-state index is 13.0. The van der Waals surface area contributed by atoms with E-state index in [1.165, 1.54) is 42.3 Å². The van der Waals surface area contributed by atoms with Crippen LogP contribution in [0.4, 0.5) is 10.8 Å². The van der Waals surface area contributed by atoms with Crippen LogP contribution in [0.5, 0.6) is 0 Å². The fourth-order valence-corrected chi connectivity index (χ4v) is 4.21. The predicted octanol–water partition coefficient (Wildman–Crippen LogP) is 2.85. The fraction of sp³-hybridized carbons (Fsp3) is 0.158. The first kappa shape index (κ1) is 18.7. The normalized spacial score (nSPS) is 14.2. The summed E-state index contributed by atoms with van der Waals surface area (Å²) in [5.41, 5.74) is -0.0880. The summed E-state index contributed by atoms with van der Waals surface area (Å²) in [7, 11) is 1.51. The van der Waals surface area contributed by atoms with E-state index in [4.69, 9.17) is 0 Å². The van der Waals surface area contributed by atoms with Crippen molar-refractivity contribution in [1.29, 1.82) is 0 Å². The van der Waals surface area contributed by atoms with Crippen molar-refractivity contribution in [3.05, 3.63) is 63.7 Å². The average molecular weight is 410 g/mol. The Balaban J connectivity index is 1.65. The highest BCUT2D eigenvalue weighted by Gasteiger charge is 2.45. The number of fused-ring (bicyclic) bond motifs is 2. The summed E-state index contributed by atoms with van der Waals surface area (Å²) in [6, 6.07) is 10.1. The van der Waals surface area contributed by atoms with Crippen LogP contribution in [0, 0.1) is 10.1 Å². The molecule has 1 aromatic heterocycles. The first-order valence-corrected chi connectivity index (χ1v) is 9.41. The van der Waals surface area contributed by atoms with Gasteiger partial charge in [-0.1, -0.05) is 29.5 Å². The third-order valence-electron chi connectivity index (χ3n) is 4.77. The Labute approximate surface area is 168 Å². The maximum atomic E-state index is 13.0. The monoisotopic (exact) mass is 410 g/mol. The summed E-state index contributed by atoms with van der Waals surface area (Å²) in [5.74, 6) is -2.11. The van der Waals surface area contributed by atoms with Gasteiger partial charge >= 0.3 is 0 Å². The van der Waals surface area contributed by atoms with Crippen LogP contribution in [0.15, 0.2) is 42.5 Å². The second-order valence-corrected chi connectivity index (χ2v) is 7.48. The molecule has 0 saturated carbocycles. The van der Waals surface area contributed by atoms with E-state index in [1.807, 2.05) is 24.3 Å². The number of anilines is 1. The highest BCUT2D eigenvalue weighted by Crippen LogP contribution is 2.33. The van der Waals surface area contributed by atoms with Crippen molar-refractivity contribution in [2.24, 2.45) is 0 Å². The van der Waals surface area contributed by atoms with Gasteiger partial charge in [0.05, 0.1) is 20.7 Å². The van der Waals surface area contributed by atoms with Gasteiger partial charge in [-0.05, 0) is 25.1 Å². The van der Waals surface area contributed by atoms with E-state index < -0.39 is 34.4 Å². The quantitative estimate of drug-likeness (QED) is 0.371. The number of rotatable bonds is 4. The Morgan fingerprint density at radius 3 is 2.59 bits per heavy atom. The van der Waals surface area contributed by atoms with E-state index in [1.54, 1.807) is 0 Å². The molecule has 0 fully saturated rings. The van der Waals surface area contributed by atoms with E-state index in [9.17, 15) is 24.5 Å². The van der Waals surface area contributed by atoms with E-state index in [0.717, 1.165) is 21.2 Å². The molecular weight excluding hydrogens is 396 g/mol. The third kappa shape index (κ3) is 2.85. The number of thiazole rings is 1. The van der Waals surface area contributed by atoms with Gasteiger partial charge in [0, 0.05) is 13.1 Å². The third-order valence-corrected chi connectivity index (χ3v) is 5.88. The van der Waals surface area contributed by atoms with Crippen LogP contribution in [0.3, 0.4) is 0 Å². The average Bonchev–Trinajstić information content (AvgIpc) is 3.25. The van der Waals surface area contributed by atoms with Gasteiger partial charge in [-0.15, -0.1) is 0 Å². The molecule has 1 atom stereocenters. The smallest absolute Gasteiger partial charge is 0.282 e. The number of hydrogen-bond acceptors (Lipinski definition) is 7. The standard InChI is InChI=1S/C19H14N4O5S/c1-10(16(24)21(2)19-20-12-7-3-4-9-14(12)29-19)22-17(25)11-6-5-8-13(23(27)28)15(11)18(22)26/h3-10H,1-2H3. The van der Waals surface area contributed by atoms with Gasteiger partial charge in [0.25, 0.3) is 23.4 Å². The topological polar surface area (TPSA) is 114 Å². The molecule has 0 radical (unpaired) electrons. The molecule has 1 aliphatic rings. The highest BCUT2D eigenvalue weighted by molar-refractivity contribution is 7.22. The molecule has 0 bridgehead atoms. The number of para-hydroxylation sites is 1. The minimum absolute atomic E-state index is 0.0773. The van der Waals surface area contributed by atoms with E-state index >= 15 is 0 Å². The number of nitro benzene ring substituents is 1. The number of imide groups is 1. The summed E-state index contributed by atoms with van der Waals surface area (Å²) in [5, 5.41) is 11.7. The molecule has 0 aliphatic carbocycles. The molecule has 3 amide bonds. The van der Waals surface area contributed by atoms with Gasteiger partial charge in [0.2, 0.25) is 0 Å². The van der Waals surface area contributed by atoms with Gasteiger partial charge in [-0.2, -0.15) is 0 Å². The van der Waals surface area contributed by atoms with Crippen molar-refractivity contribution in [2.75, 3.05) is 11.9 Å². The first-order valence-electron chi connectivity index (χ1n) is 8.59. The van der Waals surface area contributed by atoms with Crippen molar-refractivity contribution >= 4 is 50.1 Å². The zero-order chi connectivity index (χ0) is 20.9. The molecule has 2 heterocycles. The number of amides is 3. The van der Waals surface area contributed by atoms with Crippen LogP contribution >= 0.6 is 11.3 Å². The lowest BCUT2D eigenvalue weighted by Gasteiger charge is -2.25. The Morgan fingerprint density at radius 1 is 1.17 bits per heavy atom. The van der Waals surface area contributed by atoms with Crippen LogP contribution in [0.1, 0.15) is 27.6 Å². The first-order chi connectivity index (χ1) is 13.8. The summed E-state index contributed by atoms with van der Waals surface area (Å²) >= 11 is 1.31. The Bertz CT molecular complexity index is 1170. The van der Waals surface area contributed by atoms with Crippen molar-refractivity contribution < 1.29 is 19.3 Å². The summed E-state index contributed by atoms with van der Waals surface area (Å²) in [6.07, 6.45) is 0. The van der Waals surface area contributed by atoms with Crippen LogP contribution in [-0.4, -0.2) is 45.6 Å². The lowest BCUT2D eigenvalue weighted by atomic mass is 10.1. The van der Waals surface area contributed by atoms with Crippen molar-refractivity contribution in [3.8, 4) is 0 Å². The fourth-order valence-electron chi connectivity index (χ4n) is 3.28. The molecule has 4 rings (SSSR count). The number of aromatic nitrogens is 1. The summed E-state index contributed by atoms with van der Waals surface area (Å²) in [6.45, 7) is 1.42. The van der Waals surface area contributed by atoms with Gasteiger partial charge in [0.15, 0.2) is 5.13 Å². The second-order valence-electron chi connectivity index (χ2n) is 6.47. The summed E-state index contributed by atoms with van der Waals surface area (Å²) < 4.78 is 0.895. The van der Waals surface area contributed by atoms with E-state index in [-0.39, 0.29) is 11.1 Å². The van der Waals surface area contributed by atoms with Gasteiger partial charge < -0.3 is 0 Å². The minimum atomic E-state index is -1.15. The number of nitrogens with zero attached hydrogens (tertiary/aromatic N) is 4. The number of carbonyl (C=O) groups is 3. The largest absolute Gasteiger partial charge is 0.289 e. The zero-order valence-electron chi connectivity index (χ0n) is 15.4. The minimum Gasteiger partial charge on any atom is -0.289 e. The molecule has 9 nitrogen and oxygen atoms in total. The van der Waals surface area contributed by atoms with Gasteiger partial charge in [-0.25, -0.2) is 4.98 Å². The number of hydrogen-bond donors (Lipinski definition) is 0. The molecule has 0 spiro atoms. The van der Waals surface area contributed by atoms with E-state index in [0.29, 0.717) is 5.13 Å². The van der Waals surface area contributed by atoms with Crippen molar-refractivity contribution in [2.45, 2.75) is 13.0 Å². The molecule has 10 heteroatoms. The number of carbonyl (C=O) groups excluding carboxylic acids is 3. The Morgan fingerprint density at radius 2 is 1.90 bits per heavy atom. The SMILES string of the molecule is CC(C(=O)N(C)c1nc2ccccc2s1)N1C(=O)c2cccc([N+](=O)[O-])c2C1=O.